The molecule has 4 nitrogen and oxygen atoms in total. The number of nitrogens with zero attached hydrogens (tertiary/aromatic N) is 1. The highest BCUT2D eigenvalue weighted by Gasteiger charge is 2.30. The molecule has 0 aromatic rings. The van der Waals surface area contributed by atoms with Crippen LogP contribution in [0.25, 0.3) is 0 Å². The molecule has 0 saturated carbocycles. The molecule has 19 heavy (non-hydrogen) atoms. The van der Waals surface area contributed by atoms with Crippen LogP contribution >= 0.6 is 0 Å². The molecule has 0 aliphatic carbocycles. The monoisotopic (exact) mass is 270 g/mol. The van der Waals surface area contributed by atoms with Crippen molar-refractivity contribution in [2.75, 3.05) is 20.1 Å². The summed E-state index contributed by atoms with van der Waals surface area (Å²) in [5, 5.41) is 12.1. The Morgan fingerprint density at radius 2 is 2.11 bits per heavy atom. The fourth-order valence-electron chi connectivity index (χ4n) is 2.87. The number of rotatable bonds is 7. The molecule has 0 amide bonds. The van der Waals surface area contributed by atoms with Gasteiger partial charge in [-0.1, -0.05) is 6.92 Å². The van der Waals surface area contributed by atoms with E-state index < -0.39 is 11.5 Å². The SMILES string of the molecule is CNC(C)(CCCCN1CCCC(C)C1C)C(=O)O. The standard InChI is InChI=1S/C15H30N2O2/c1-12-8-7-11-17(13(12)2)10-6-5-9-15(3,16-4)14(18)19/h12-13,16H,5-11H2,1-4H3,(H,18,19). The number of hydrogen-bond donors (Lipinski definition) is 2. The van der Waals surface area contributed by atoms with E-state index in [1.54, 1.807) is 14.0 Å². The van der Waals surface area contributed by atoms with Gasteiger partial charge in [-0.05, 0) is 72.0 Å². The molecule has 112 valence electrons. The molecule has 2 N–H and O–H groups in total. The Bertz CT molecular complexity index is 296. The summed E-state index contributed by atoms with van der Waals surface area (Å²) in [6.45, 7) is 8.72. The van der Waals surface area contributed by atoms with Crippen LogP contribution in [0.3, 0.4) is 0 Å². The van der Waals surface area contributed by atoms with Crippen LogP contribution in [0.4, 0.5) is 0 Å². The molecule has 3 unspecified atom stereocenters. The van der Waals surface area contributed by atoms with Gasteiger partial charge in [0.2, 0.25) is 0 Å². The second-order valence-corrected chi connectivity index (χ2v) is 6.24. The van der Waals surface area contributed by atoms with Crippen LogP contribution in [-0.2, 0) is 4.79 Å². The Morgan fingerprint density at radius 1 is 1.42 bits per heavy atom. The second kappa shape index (κ2) is 7.25. The lowest BCUT2D eigenvalue weighted by molar-refractivity contribution is -0.144. The molecule has 1 aliphatic rings. The third kappa shape index (κ3) is 4.46. The zero-order valence-electron chi connectivity index (χ0n) is 12.9. The largest absolute Gasteiger partial charge is 0.480 e. The fraction of sp³-hybridized carbons (Fsp3) is 0.933. The molecule has 0 bridgehead atoms. The van der Waals surface area contributed by atoms with Crippen molar-refractivity contribution in [2.45, 2.75) is 64.5 Å². The van der Waals surface area contributed by atoms with Crippen molar-refractivity contribution >= 4 is 5.97 Å². The first-order valence-corrected chi connectivity index (χ1v) is 7.57. The number of likely N-dealkylation sites (tertiary alicyclic amines) is 1. The second-order valence-electron chi connectivity index (χ2n) is 6.24. The normalized spacial score (nSPS) is 28.0. The van der Waals surface area contributed by atoms with Gasteiger partial charge in [-0.2, -0.15) is 0 Å². The summed E-state index contributed by atoms with van der Waals surface area (Å²) in [4.78, 5) is 13.7. The first-order valence-electron chi connectivity index (χ1n) is 7.57. The molecule has 0 aromatic carbocycles. The molecule has 0 radical (unpaired) electrons. The molecular weight excluding hydrogens is 240 g/mol. The van der Waals surface area contributed by atoms with Gasteiger partial charge in [-0.25, -0.2) is 0 Å². The smallest absolute Gasteiger partial charge is 0.323 e. The van der Waals surface area contributed by atoms with Crippen molar-refractivity contribution in [3.63, 3.8) is 0 Å². The number of carboxylic acids is 1. The van der Waals surface area contributed by atoms with Gasteiger partial charge in [0.25, 0.3) is 0 Å². The number of piperidine rings is 1. The maximum Gasteiger partial charge on any atom is 0.323 e. The van der Waals surface area contributed by atoms with Crippen LogP contribution in [0.5, 0.6) is 0 Å². The van der Waals surface area contributed by atoms with Gasteiger partial charge in [-0.3, -0.25) is 4.79 Å². The lowest BCUT2D eigenvalue weighted by Gasteiger charge is -2.38. The van der Waals surface area contributed by atoms with Gasteiger partial charge in [0.1, 0.15) is 5.54 Å². The summed E-state index contributed by atoms with van der Waals surface area (Å²) in [7, 11) is 1.72. The van der Waals surface area contributed by atoms with Crippen molar-refractivity contribution in [1.82, 2.24) is 10.2 Å². The van der Waals surface area contributed by atoms with Gasteiger partial charge in [-0.15, -0.1) is 0 Å². The molecular formula is C15H30N2O2. The average Bonchev–Trinajstić information content (AvgIpc) is 2.38. The molecule has 1 saturated heterocycles. The van der Waals surface area contributed by atoms with E-state index in [1.807, 2.05) is 0 Å². The Hall–Kier alpha value is -0.610. The number of likely N-dealkylation sites (N-methyl/N-ethyl adjacent to an activating group) is 1. The van der Waals surface area contributed by atoms with Gasteiger partial charge in [0.05, 0.1) is 0 Å². The van der Waals surface area contributed by atoms with Crippen LogP contribution in [0.15, 0.2) is 0 Å². The summed E-state index contributed by atoms with van der Waals surface area (Å²) in [6, 6.07) is 0.670. The van der Waals surface area contributed by atoms with E-state index in [1.165, 1.54) is 19.4 Å². The van der Waals surface area contributed by atoms with E-state index >= 15 is 0 Å². The Balaban J connectivity index is 2.29. The Morgan fingerprint density at radius 3 is 2.68 bits per heavy atom. The quantitative estimate of drug-likeness (QED) is 0.697. The molecule has 1 aliphatic heterocycles. The number of hydrogen-bond acceptors (Lipinski definition) is 3. The van der Waals surface area contributed by atoms with Crippen molar-refractivity contribution < 1.29 is 9.90 Å². The van der Waals surface area contributed by atoms with Gasteiger partial charge >= 0.3 is 5.97 Å². The van der Waals surface area contributed by atoms with Crippen LogP contribution in [0.2, 0.25) is 0 Å². The molecule has 1 fully saturated rings. The van der Waals surface area contributed by atoms with Gasteiger partial charge < -0.3 is 15.3 Å². The van der Waals surface area contributed by atoms with Crippen LogP contribution in [0.1, 0.15) is 52.9 Å². The van der Waals surface area contributed by atoms with E-state index in [9.17, 15) is 9.90 Å². The maximum absolute atomic E-state index is 11.2. The number of nitrogens with one attached hydrogen (secondary N) is 1. The predicted molar refractivity (Wildman–Crippen MR) is 78.4 cm³/mol. The van der Waals surface area contributed by atoms with Gasteiger partial charge in [0, 0.05) is 6.04 Å². The van der Waals surface area contributed by atoms with Crippen LogP contribution < -0.4 is 5.32 Å². The van der Waals surface area contributed by atoms with E-state index in [-0.39, 0.29) is 0 Å². The van der Waals surface area contributed by atoms with E-state index in [0.717, 1.165) is 25.3 Å². The summed E-state index contributed by atoms with van der Waals surface area (Å²) in [5.41, 5.74) is -0.777. The zero-order chi connectivity index (χ0) is 14.5. The maximum atomic E-state index is 11.2. The minimum Gasteiger partial charge on any atom is -0.480 e. The average molecular weight is 270 g/mol. The van der Waals surface area contributed by atoms with Crippen molar-refractivity contribution in [2.24, 2.45) is 5.92 Å². The van der Waals surface area contributed by atoms with E-state index in [4.69, 9.17) is 0 Å². The highest BCUT2D eigenvalue weighted by atomic mass is 16.4. The lowest BCUT2D eigenvalue weighted by atomic mass is 9.91. The van der Waals surface area contributed by atoms with Crippen molar-refractivity contribution in [3.8, 4) is 0 Å². The summed E-state index contributed by atoms with van der Waals surface area (Å²) >= 11 is 0. The molecule has 3 atom stereocenters. The summed E-state index contributed by atoms with van der Waals surface area (Å²) in [5.74, 6) is 0.0327. The topological polar surface area (TPSA) is 52.6 Å². The molecule has 1 heterocycles. The predicted octanol–water partition coefficient (Wildman–Crippen LogP) is 2.34. The number of aliphatic carboxylic acids is 1. The number of unbranched alkanes of at least 4 members (excludes halogenated alkanes) is 1. The third-order valence-electron chi connectivity index (χ3n) is 4.90. The molecule has 4 heteroatoms. The van der Waals surface area contributed by atoms with Crippen molar-refractivity contribution in [1.29, 1.82) is 0 Å². The summed E-state index contributed by atoms with van der Waals surface area (Å²) < 4.78 is 0. The fourth-order valence-corrected chi connectivity index (χ4v) is 2.87. The Kier molecular flexibility index (Phi) is 6.27. The first kappa shape index (κ1) is 16.4. The Labute approximate surface area is 117 Å². The molecule has 0 spiro atoms. The number of carbonyl (C=O) groups is 1. The molecule has 1 rings (SSSR count). The highest BCUT2D eigenvalue weighted by molar-refractivity contribution is 5.78. The van der Waals surface area contributed by atoms with Gasteiger partial charge in [0.15, 0.2) is 0 Å². The minimum absolute atomic E-state index is 0.670. The van der Waals surface area contributed by atoms with Crippen molar-refractivity contribution in [3.05, 3.63) is 0 Å². The van der Waals surface area contributed by atoms with Crippen LogP contribution in [-0.4, -0.2) is 47.7 Å². The third-order valence-corrected chi connectivity index (χ3v) is 4.90. The highest BCUT2D eigenvalue weighted by Crippen LogP contribution is 2.23. The molecule has 0 aromatic heterocycles. The summed E-state index contributed by atoms with van der Waals surface area (Å²) in [6.07, 6.45) is 5.38. The minimum atomic E-state index is -0.777. The zero-order valence-corrected chi connectivity index (χ0v) is 12.9. The first-order chi connectivity index (χ1) is 8.90. The van der Waals surface area contributed by atoms with E-state index in [2.05, 4.69) is 24.1 Å². The lowest BCUT2D eigenvalue weighted by Crippen LogP contribution is -2.47. The van der Waals surface area contributed by atoms with E-state index in [0.29, 0.717) is 12.5 Å². The number of carboxylic acid groups (broad SMARTS) is 1. The van der Waals surface area contributed by atoms with Crippen LogP contribution in [0, 0.1) is 5.92 Å².